The van der Waals surface area contributed by atoms with Crippen LogP contribution in [0.25, 0.3) is 22.3 Å². The number of hydrogen-bond donors (Lipinski definition) is 2. The monoisotopic (exact) mass is 362 g/mol. The van der Waals surface area contributed by atoms with Crippen molar-refractivity contribution < 1.29 is 9.90 Å². The third-order valence-electron chi connectivity index (χ3n) is 5.05. The van der Waals surface area contributed by atoms with E-state index in [0.29, 0.717) is 17.8 Å². The molecule has 27 heavy (non-hydrogen) atoms. The van der Waals surface area contributed by atoms with Gasteiger partial charge in [-0.05, 0) is 49.1 Å². The van der Waals surface area contributed by atoms with E-state index in [1.807, 2.05) is 37.3 Å². The van der Waals surface area contributed by atoms with Crippen molar-refractivity contribution in [2.45, 2.75) is 19.8 Å². The van der Waals surface area contributed by atoms with Gasteiger partial charge in [-0.15, -0.1) is 0 Å². The summed E-state index contributed by atoms with van der Waals surface area (Å²) in [5.74, 6) is 1.47. The molecule has 6 nitrogen and oxygen atoms in total. The van der Waals surface area contributed by atoms with Crippen LogP contribution >= 0.6 is 0 Å². The summed E-state index contributed by atoms with van der Waals surface area (Å²) in [6.45, 7) is 3.58. The minimum Gasteiger partial charge on any atom is -0.507 e. The van der Waals surface area contributed by atoms with E-state index in [1.54, 1.807) is 12.1 Å². The molecule has 2 heterocycles. The largest absolute Gasteiger partial charge is 0.507 e. The first-order chi connectivity index (χ1) is 13.0. The summed E-state index contributed by atoms with van der Waals surface area (Å²) in [6.07, 6.45) is 1.30. The number of rotatable bonds is 4. The van der Waals surface area contributed by atoms with E-state index >= 15 is 0 Å². The first-order valence-corrected chi connectivity index (χ1v) is 9.11. The number of fused-ring (bicyclic) bond motifs is 1. The van der Waals surface area contributed by atoms with Gasteiger partial charge >= 0.3 is 0 Å². The summed E-state index contributed by atoms with van der Waals surface area (Å²) in [7, 11) is 0. The van der Waals surface area contributed by atoms with Crippen LogP contribution in [0.5, 0.6) is 5.75 Å². The zero-order valence-electron chi connectivity index (χ0n) is 15.2. The number of aryl methyl sites for hydroxylation is 1. The number of amides is 1. The molecule has 0 radical (unpaired) electrons. The van der Waals surface area contributed by atoms with Crippen molar-refractivity contribution in [3.8, 4) is 17.1 Å². The summed E-state index contributed by atoms with van der Waals surface area (Å²) >= 11 is 0. The van der Waals surface area contributed by atoms with Crippen LogP contribution in [0.2, 0.25) is 0 Å². The van der Waals surface area contributed by atoms with Crippen LogP contribution in [0.15, 0.2) is 42.5 Å². The molecule has 1 aromatic heterocycles. The smallest absolute Gasteiger partial charge is 0.217 e. The van der Waals surface area contributed by atoms with Crippen molar-refractivity contribution in [3.63, 3.8) is 0 Å². The predicted octanol–water partition coefficient (Wildman–Crippen LogP) is 3.01. The Kier molecular flexibility index (Phi) is 4.39. The Morgan fingerprint density at radius 2 is 2.07 bits per heavy atom. The third kappa shape index (κ3) is 3.43. The highest BCUT2D eigenvalue weighted by molar-refractivity contribution is 5.92. The number of hydrogen-bond acceptors (Lipinski definition) is 5. The van der Waals surface area contributed by atoms with Crippen molar-refractivity contribution >= 4 is 22.6 Å². The second-order valence-corrected chi connectivity index (χ2v) is 7.18. The normalized spacial score (nSPS) is 16.8. The fourth-order valence-corrected chi connectivity index (χ4v) is 3.72. The lowest BCUT2D eigenvalue weighted by molar-refractivity contribution is -0.118. The molecule has 1 aliphatic rings. The van der Waals surface area contributed by atoms with E-state index in [0.717, 1.165) is 41.8 Å². The number of phenols is 1. The molecule has 0 bridgehead atoms. The molecule has 2 aromatic carbocycles. The van der Waals surface area contributed by atoms with E-state index in [4.69, 9.17) is 15.7 Å². The number of benzene rings is 2. The molecule has 3 N–H and O–H groups in total. The van der Waals surface area contributed by atoms with Crippen LogP contribution < -0.4 is 10.6 Å². The Labute approximate surface area is 157 Å². The Morgan fingerprint density at radius 3 is 2.85 bits per heavy atom. The molecular formula is C21H22N4O2. The Balaban J connectivity index is 1.82. The van der Waals surface area contributed by atoms with E-state index in [9.17, 15) is 9.90 Å². The van der Waals surface area contributed by atoms with Crippen LogP contribution in [-0.2, 0) is 4.79 Å². The van der Waals surface area contributed by atoms with E-state index in [2.05, 4.69) is 4.90 Å². The van der Waals surface area contributed by atoms with E-state index < -0.39 is 0 Å². The highest BCUT2D eigenvalue weighted by atomic mass is 16.3. The van der Waals surface area contributed by atoms with Gasteiger partial charge in [-0.2, -0.15) is 0 Å². The van der Waals surface area contributed by atoms with Gasteiger partial charge in [0.2, 0.25) is 5.91 Å². The molecule has 4 rings (SSSR count). The molecule has 1 fully saturated rings. The highest BCUT2D eigenvalue weighted by Crippen LogP contribution is 2.34. The van der Waals surface area contributed by atoms with Gasteiger partial charge in [-0.3, -0.25) is 4.79 Å². The number of aromatic nitrogens is 2. The van der Waals surface area contributed by atoms with Gasteiger partial charge in [0.15, 0.2) is 5.82 Å². The number of aromatic hydroxyl groups is 1. The predicted molar refractivity (Wildman–Crippen MR) is 106 cm³/mol. The first-order valence-electron chi connectivity index (χ1n) is 9.11. The summed E-state index contributed by atoms with van der Waals surface area (Å²) in [5, 5.41) is 11.2. The Bertz CT molecular complexity index is 1020. The topological polar surface area (TPSA) is 92.3 Å². The summed E-state index contributed by atoms with van der Waals surface area (Å²) < 4.78 is 0. The average Bonchev–Trinajstić information content (AvgIpc) is 3.08. The maximum atomic E-state index is 11.3. The average molecular weight is 362 g/mol. The number of para-hydroxylation sites is 1. The fraction of sp³-hybridized carbons (Fsp3) is 0.286. The molecule has 1 amide bonds. The molecule has 6 heteroatoms. The maximum Gasteiger partial charge on any atom is 0.217 e. The second-order valence-electron chi connectivity index (χ2n) is 7.18. The lowest BCUT2D eigenvalue weighted by Gasteiger charge is -2.20. The lowest BCUT2D eigenvalue weighted by atomic mass is 10.1. The third-order valence-corrected chi connectivity index (χ3v) is 5.05. The number of primary amides is 1. The SMILES string of the molecule is Cc1ccc2c(N3CC[C@H](CC(N)=O)C3)nc(-c3ccccc3O)nc2c1. The fourth-order valence-electron chi connectivity index (χ4n) is 3.72. The molecule has 0 unspecified atom stereocenters. The molecule has 1 atom stereocenters. The zero-order chi connectivity index (χ0) is 19.0. The van der Waals surface area contributed by atoms with Crippen molar-refractivity contribution in [2.24, 2.45) is 11.7 Å². The second kappa shape index (κ2) is 6.87. The minimum atomic E-state index is -0.264. The van der Waals surface area contributed by atoms with Crippen molar-refractivity contribution in [1.82, 2.24) is 9.97 Å². The molecule has 0 saturated carbocycles. The molecule has 0 spiro atoms. The van der Waals surface area contributed by atoms with Gasteiger partial charge in [0.25, 0.3) is 0 Å². The van der Waals surface area contributed by atoms with Gasteiger partial charge in [0, 0.05) is 24.9 Å². The standard InChI is InChI=1S/C21H22N4O2/c1-13-6-7-15-17(10-13)23-20(16-4-2-3-5-18(16)26)24-21(15)25-9-8-14(12-25)11-19(22)27/h2-7,10,14,26H,8-9,11-12H2,1H3,(H2,22,27)/t14-/m1/s1. The summed E-state index contributed by atoms with van der Waals surface area (Å²) in [5.41, 5.74) is 7.93. The van der Waals surface area contributed by atoms with Gasteiger partial charge in [-0.1, -0.05) is 18.2 Å². The van der Waals surface area contributed by atoms with Crippen LogP contribution in [-0.4, -0.2) is 34.1 Å². The van der Waals surface area contributed by atoms with Gasteiger partial charge in [0.1, 0.15) is 11.6 Å². The summed E-state index contributed by atoms with van der Waals surface area (Å²) in [4.78, 5) is 23.0. The van der Waals surface area contributed by atoms with Crippen LogP contribution in [0.1, 0.15) is 18.4 Å². The number of carbonyl (C=O) groups excluding carboxylic acids is 1. The van der Waals surface area contributed by atoms with Crippen molar-refractivity contribution in [1.29, 1.82) is 0 Å². The first kappa shape index (κ1) is 17.3. The lowest BCUT2D eigenvalue weighted by Crippen LogP contribution is -2.23. The quantitative estimate of drug-likeness (QED) is 0.744. The van der Waals surface area contributed by atoms with Crippen LogP contribution in [0.3, 0.4) is 0 Å². The van der Waals surface area contributed by atoms with Crippen molar-refractivity contribution in [2.75, 3.05) is 18.0 Å². The summed E-state index contributed by atoms with van der Waals surface area (Å²) in [6, 6.07) is 13.2. The molecule has 1 aliphatic heterocycles. The maximum absolute atomic E-state index is 11.3. The number of phenolic OH excluding ortho intramolecular Hbond substituents is 1. The van der Waals surface area contributed by atoms with E-state index in [1.165, 1.54) is 0 Å². The number of anilines is 1. The molecular weight excluding hydrogens is 340 g/mol. The molecule has 0 aliphatic carbocycles. The minimum absolute atomic E-state index is 0.156. The van der Waals surface area contributed by atoms with E-state index in [-0.39, 0.29) is 17.6 Å². The number of nitrogens with zero attached hydrogens (tertiary/aromatic N) is 3. The van der Waals surface area contributed by atoms with Crippen molar-refractivity contribution in [3.05, 3.63) is 48.0 Å². The molecule has 3 aromatic rings. The number of nitrogens with two attached hydrogens (primary N) is 1. The van der Waals surface area contributed by atoms with Crippen LogP contribution in [0.4, 0.5) is 5.82 Å². The zero-order valence-corrected chi connectivity index (χ0v) is 15.2. The van der Waals surface area contributed by atoms with Crippen LogP contribution in [0, 0.1) is 12.8 Å². The Hall–Kier alpha value is -3.15. The molecule has 138 valence electrons. The van der Waals surface area contributed by atoms with Gasteiger partial charge in [-0.25, -0.2) is 9.97 Å². The Morgan fingerprint density at radius 1 is 1.26 bits per heavy atom. The number of carbonyl (C=O) groups is 1. The highest BCUT2D eigenvalue weighted by Gasteiger charge is 2.27. The molecule has 1 saturated heterocycles. The van der Waals surface area contributed by atoms with Gasteiger partial charge in [0.05, 0.1) is 11.1 Å². The van der Waals surface area contributed by atoms with Gasteiger partial charge < -0.3 is 15.7 Å².